The van der Waals surface area contributed by atoms with Crippen LogP contribution >= 0.6 is 0 Å². The number of ether oxygens (including phenoxy) is 1. The van der Waals surface area contributed by atoms with E-state index in [1.807, 2.05) is 13.8 Å². The Labute approximate surface area is 143 Å². The van der Waals surface area contributed by atoms with E-state index >= 15 is 0 Å². The first-order valence-electron chi connectivity index (χ1n) is 8.11. The van der Waals surface area contributed by atoms with Crippen LogP contribution in [0.3, 0.4) is 0 Å². The Kier molecular flexibility index (Phi) is 4.49. The number of aromatic nitrogens is 2. The van der Waals surface area contributed by atoms with Crippen molar-refractivity contribution in [3.63, 3.8) is 0 Å². The molecule has 0 saturated carbocycles. The molecule has 3 aliphatic heterocycles. The summed E-state index contributed by atoms with van der Waals surface area (Å²) in [5.41, 5.74) is 0.205. The van der Waals surface area contributed by atoms with Crippen molar-refractivity contribution in [3.8, 4) is 11.4 Å². The van der Waals surface area contributed by atoms with Gasteiger partial charge in [0.05, 0.1) is 12.2 Å². The first-order valence-corrected chi connectivity index (χ1v) is 8.11. The smallest absolute Gasteiger partial charge is 0.372 e. The number of morpholine rings is 1. The normalized spacial score (nSPS) is 21.8. The van der Waals surface area contributed by atoms with Gasteiger partial charge in [0, 0.05) is 24.8 Å². The zero-order valence-electron chi connectivity index (χ0n) is 14.3. The lowest BCUT2D eigenvalue weighted by Crippen LogP contribution is -2.49. The number of carbonyl (C=O) groups is 1. The van der Waals surface area contributed by atoms with E-state index in [4.69, 9.17) is 4.74 Å². The van der Waals surface area contributed by atoms with Crippen LogP contribution in [0, 0.1) is 6.92 Å². The minimum atomic E-state index is -4.51. The number of rotatable bonds is 2. The molecular weight excluding hydrogens is 335 g/mol. The fraction of sp³-hybridized carbons (Fsp3) is 0.529. The number of pyridine rings is 1. The van der Waals surface area contributed by atoms with Crippen LogP contribution in [-0.4, -0.2) is 45.7 Å². The van der Waals surface area contributed by atoms with Crippen LogP contribution < -0.4 is 0 Å². The summed E-state index contributed by atoms with van der Waals surface area (Å²) in [7, 11) is 0. The van der Waals surface area contributed by atoms with Crippen molar-refractivity contribution in [2.45, 2.75) is 45.7 Å². The SMILES string of the molecule is Cc1cc2cc(C(F)(F)F)nc-2n(CC(=O)N2CC(C)OC(C)C2)c1. The topological polar surface area (TPSA) is 47.4 Å². The number of fused-ring (bicyclic) bond motifs is 1. The number of aryl methyl sites for hydroxylation is 1. The molecule has 0 aromatic heterocycles. The van der Waals surface area contributed by atoms with Gasteiger partial charge in [-0.3, -0.25) is 4.79 Å². The quantitative estimate of drug-likeness (QED) is 0.832. The molecule has 0 bridgehead atoms. The minimum Gasteiger partial charge on any atom is -0.372 e. The van der Waals surface area contributed by atoms with Crippen molar-refractivity contribution in [1.29, 1.82) is 0 Å². The highest BCUT2D eigenvalue weighted by Crippen LogP contribution is 2.34. The summed E-state index contributed by atoms with van der Waals surface area (Å²) in [6.45, 7) is 6.46. The number of nitrogens with zero attached hydrogens (tertiary/aromatic N) is 3. The van der Waals surface area contributed by atoms with Gasteiger partial charge >= 0.3 is 6.18 Å². The van der Waals surface area contributed by atoms with Gasteiger partial charge in [-0.1, -0.05) is 0 Å². The number of hydrogen-bond donors (Lipinski definition) is 0. The molecule has 1 fully saturated rings. The van der Waals surface area contributed by atoms with E-state index in [-0.39, 0.29) is 30.5 Å². The van der Waals surface area contributed by atoms with Crippen molar-refractivity contribution in [2.24, 2.45) is 0 Å². The van der Waals surface area contributed by atoms with Gasteiger partial charge in [-0.05, 0) is 38.5 Å². The number of halogens is 3. The third-order valence-corrected chi connectivity index (χ3v) is 4.16. The van der Waals surface area contributed by atoms with Crippen LogP contribution in [0.15, 0.2) is 18.3 Å². The second-order valence-electron chi connectivity index (χ2n) is 6.62. The molecule has 3 heterocycles. The maximum atomic E-state index is 12.9. The number of carbonyl (C=O) groups excluding carboxylic acids is 1. The minimum absolute atomic E-state index is 0.0497. The van der Waals surface area contributed by atoms with Gasteiger partial charge in [0.25, 0.3) is 0 Å². The fourth-order valence-electron chi connectivity index (χ4n) is 3.24. The van der Waals surface area contributed by atoms with E-state index in [1.165, 1.54) is 4.57 Å². The molecule has 5 nitrogen and oxygen atoms in total. The van der Waals surface area contributed by atoms with E-state index in [0.717, 1.165) is 11.6 Å². The van der Waals surface area contributed by atoms with Crippen LogP contribution in [0.5, 0.6) is 0 Å². The highest BCUT2D eigenvalue weighted by atomic mass is 19.4. The summed E-state index contributed by atoms with van der Waals surface area (Å²) in [4.78, 5) is 18.0. The molecule has 1 amide bonds. The summed E-state index contributed by atoms with van der Waals surface area (Å²) in [5.74, 6) is 0.0103. The van der Waals surface area contributed by atoms with E-state index in [0.29, 0.717) is 18.7 Å². The Hall–Kier alpha value is -2.09. The van der Waals surface area contributed by atoms with Crippen molar-refractivity contribution in [2.75, 3.05) is 13.1 Å². The average Bonchev–Trinajstić information content (AvgIpc) is 2.90. The third kappa shape index (κ3) is 3.78. The van der Waals surface area contributed by atoms with Crippen LogP contribution in [0.2, 0.25) is 0 Å². The van der Waals surface area contributed by atoms with Crippen molar-refractivity contribution < 1.29 is 22.7 Å². The highest BCUT2D eigenvalue weighted by molar-refractivity contribution is 5.77. The van der Waals surface area contributed by atoms with Crippen LogP contribution in [0.1, 0.15) is 25.1 Å². The molecule has 8 heteroatoms. The van der Waals surface area contributed by atoms with Crippen LogP contribution in [-0.2, 0) is 22.3 Å². The van der Waals surface area contributed by atoms with Crippen LogP contribution in [0.25, 0.3) is 11.4 Å². The van der Waals surface area contributed by atoms with Gasteiger partial charge in [-0.25, -0.2) is 4.98 Å². The van der Waals surface area contributed by atoms with E-state index in [2.05, 4.69) is 4.98 Å². The lowest BCUT2D eigenvalue weighted by molar-refractivity contribution is -0.143. The molecule has 1 saturated heterocycles. The van der Waals surface area contributed by atoms with Gasteiger partial charge in [0.1, 0.15) is 18.1 Å². The largest absolute Gasteiger partial charge is 0.433 e. The molecule has 0 radical (unpaired) electrons. The van der Waals surface area contributed by atoms with E-state index in [1.54, 1.807) is 24.1 Å². The van der Waals surface area contributed by atoms with Gasteiger partial charge in [0.15, 0.2) is 0 Å². The average molecular weight is 355 g/mol. The zero-order valence-corrected chi connectivity index (χ0v) is 14.3. The van der Waals surface area contributed by atoms with Crippen molar-refractivity contribution in [3.05, 3.63) is 29.6 Å². The molecule has 0 aromatic carbocycles. The number of amides is 1. The first kappa shape index (κ1) is 17.7. The molecule has 25 heavy (non-hydrogen) atoms. The Bertz CT molecular complexity index is 746. The molecule has 3 rings (SSSR count). The summed E-state index contributed by atoms with van der Waals surface area (Å²) in [6.07, 6.45) is -2.99. The first-order chi connectivity index (χ1) is 11.6. The molecule has 2 unspecified atom stereocenters. The molecule has 0 N–H and O–H groups in total. The Balaban J connectivity index is 1.88. The van der Waals surface area contributed by atoms with Gasteiger partial charge in [-0.2, -0.15) is 13.2 Å². The van der Waals surface area contributed by atoms with E-state index < -0.39 is 11.9 Å². The standard InChI is InChI=1S/C17H20F3N3O2/c1-10-4-13-5-14(17(18,19)20)21-16(13)23(6-10)9-15(24)22-7-11(2)25-12(3)8-22/h4-6,11-12H,7-9H2,1-3H3. The maximum absolute atomic E-state index is 12.9. The predicted molar refractivity (Wildman–Crippen MR) is 85.2 cm³/mol. The Morgan fingerprint density at radius 3 is 2.52 bits per heavy atom. The number of alkyl halides is 3. The number of hydrogen-bond acceptors (Lipinski definition) is 3. The summed E-state index contributed by atoms with van der Waals surface area (Å²) < 4.78 is 45.9. The highest BCUT2D eigenvalue weighted by Gasteiger charge is 2.35. The molecule has 0 aromatic rings. The Morgan fingerprint density at radius 1 is 1.28 bits per heavy atom. The van der Waals surface area contributed by atoms with Gasteiger partial charge < -0.3 is 14.2 Å². The molecule has 136 valence electrons. The summed E-state index contributed by atoms with van der Waals surface area (Å²) >= 11 is 0. The predicted octanol–water partition coefficient (Wildman–Crippen LogP) is 2.95. The Morgan fingerprint density at radius 2 is 1.92 bits per heavy atom. The molecule has 3 aliphatic rings. The second kappa shape index (κ2) is 6.33. The summed E-state index contributed by atoms with van der Waals surface area (Å²) in [5, 5.41) is 0. The van der Waals surface area contributed by atoms with Gasteiger partial charge in [-0.15, -0.1) is 0 Å². The molecule has 0 spiro atoms. The lowest BCUT2D eigenvalue weighted by atomic mass is 10.2. The lowest BCUT2D eigenvalue weighted by Gasteiger charge is -2.35. The monoisotopic (exact) mass is 355 g/mol. The maximum Gasteiger partial charge on any atom is 0.433 e. The van der Waals surface area contributed by atoms with Crippen molar-refractivity contribution in [1.82, 2.24) is 14.5 Å². The molecular formula is C17H20F3N3O2. The zero-order chi connectivity index (χ0) is 18.4. The van der Waals surface area contributed by atoms with E-state index in [9.17, 15) is 18.0 Å². The molecule has 2 atom stereocenters. The second-order valence-corrected chi connectivity index (χ2v) is 6.62. The van der Waals surface area contributed by atoms with Crippen molar-refractivity contribution >= 4 is 5.91 Å². The van der Waals surface area contributed by atoms with Crippen LogP contribution in [0.4, 0.5) is 13.2 Å². The summed E-state index contributed by atoms with van der Waals surface area (Å²) in [6, 6.07) is 2.65. The van der Waals surface area contributed by atoms with Gasteiger partial charge in [0.2, 0.25) is 5.91 Å². The fourth-order valence-corrected chi connectivity index (χ4v) is 3.24. The molecule has 0 aliphatic carbocycles. The third-order valence-electron chi connectivity index (χ3n) is 4.16.